The van der Waals surface area contributed by atoms with Crippen LogP contribution < -0.4 is 4.90 Å². The van der Waals surface area contributed by atoms with Crippen molar-refractivity contribution in [3.63, 3.8) is 0 Å². The van der Waals surface area contributed by atoms with E-state index in [9.17, 15) is 9.18 Å². The number of fused-ring (bicyclic) bond motifs is 1. The van der Waals surface area contributed by atoms with Crippen LogP contribution in [0.3, 0.4) is 0 Å². The Balaban J connectivity index is 1.46. The molecule has 7 heteroatoms. The van der Waals surface area contributed by atoms with E-state index in [0.717, 1.165) is 50.8 Å². The third-order valence-corrected chi connectivity index (χ3v) is 6.84. The van der Waals surface area contributed by atoms with Gasteiger partial charge in [0, 0.05) is 55.3 Å². The summed E-state index contributed by atoms with van der Waals surface area (Å²) < 4.78 is 15.2. The van der Waals surface area contributed by atoms with E-state index in [-0.39, 0.29) is 11.7 Å². The number of aryl methyl sites for hydroxylation is 2. The van der Waals surface area contributed by atoms with Gasteiger partial charge in [-0.15, -0.1) is 11.3 Å². The largest absolute Gasteiger partial charge is 0.368 e. The maximum Gasteiger partial charge on any atom is 0.266 e. The summed E-state index contributed by atoms with van der Waals surface area (Å²) in [7, 11) is 0. The van der Waals surface area contributed by atoms with Crippen LogP contribution >= 0.6 is 11.3 Å². The fraction of sp³-hybridized carbons (Fsp3) is 0.250. The summed E-state index contributed by atoms with van der Waals surface area (Å²) in [5.74, 6) is -0.193. The molecule has 4 heterocycles. The van der Waals surface area contributed by atoms with Crippen LogP contribution in [0.2, 0.25) is 0 Å². The number of carbonyl (C=O) groups is 1. The lowest BCUT2D eigenvalue weighted by Gasteiger charge is -2.36. The number of aromatic nitrogens is 2. The van der Waals surface area contributed by atoms with Gasteiger partial charge in [0.05, 0.1) is 5.69 Å². The van der Waals surface area contributed by atoms with Crippen molar-refractivity contribution >= 4 is 33.1 Å². The zero-order chi connectivity index (χ0) is 21.5. The molecule has 1 aliphatic heterocycles. The predicted octanol–water partition coefficient (Wildman–Crippen LogP) is 4.81. The van der Waals surface area contributed by atoms with Gasteiger partial charge in [0.1, 0.15) is 15.5 Å². The number of pyridine rings is 1. The highest BCUT2D eigenvalue weighted by molar-refractivity contribution is 7.21. The molecule has 0 unspecified atom stereocenters. The summed E-state index contributed by atoms with van der Waals surface area (Å²) in [6.07, 6.45) is 3.95. The molecular weight excluding hydrogens is 411 g/mol. The lowest BCUT2D eigenvalue weighted by Crippen LogP contribution is -2.48. The van der Waals surface area contributed by atoms with Crippen molar-refractivity contribution in [3.8, 4) is 5.69 Å². The number of thiophene rings is 1. The number of piperazine rings is 1. The molecule has 1 saturated heterocycles. The first-order chi connectivity index (χ1) is 15.0. The Morgan fingerprint density at radius 2 is 1.71 bits per heavy atom. The molecule has 5 rings (SSSR count). The van der Waals surface area contributed by atoms with E-state index in [4.69, 9.17) is 4.98 Å². The second-order valence-corrected chi connectivity index (χ2v) is 8.89. The Kier molecular flexibility index (Phi) is 4.98. The van der Waals surface area contributed by atoms with Crippen molar-refractivity contribution in [3.05, 3.63) is 76.8 Å². The van der Waals surface area contributed by atoms with Crippen LogP contribution in [0.25, 0.3) is 15.9 Å². The van der Waals surface area contributed by atoms with E-state index in [0.29, 0.717) is 13.1 Å². The number of rotatable bonds is 3. The van der Waals surface area contributed by atoms with Gasteiger partial charge in [-0.25, -0.2) is 9.37 Å². The molecule has 0 N–H and O–H groups in total. The molecule has 3 aromatic heterocycles. The van der Waals surface area contributed by atoms with Gasteiger partial charge in [-0.1, -0.05) is 0 Å². The molecule has 1 amide bonds. The topological polar surface area (TPSA) is 41.4 Å². The Morgan fingerprint density at radius 1 is 1.03 bits per heavy atom. The van der Waals surface area contributed by atoms with E-state index in [1.807, 2.05) is 40.9 Å². The fourth-order valence-corrected chi connectivity index (χ4v) is 5.52. The predicted molar refractivity (Wildman–Crippen MR) is 123 cm³/mol. The molecule has 1 fully saturated rings. The van der Waals surface area contributed by atoms with E-state index in [2.05, 4.69) is 17.9 Å². The van der Waals surface area contributed by atoms with Gasteiger partial charge in [-0.05, 0) is 61.9 Å². The van der Waals surface area contributed by atoms with Gasteiger partial charge in [-0.3, -0.25) is 4.79 Å². The first kappa shape index (κ1) is 19.8. The standard InChI is InChI=1S/C24H23FN4OS/c1-16-15-17(2)26-23-20(16)21(28-9-3-4-10-28)22(31-23)24(30)29-13-11-27(12-14-29)19-7-5-18(25)6-8-19/h3-10,15H,11-14H2,1-2H3. The number of hydrogen-bond acceptors (Lipinski definition) is 4. The molecule has 0 bridgehead atoms. The number of anilines is 1. The molecule has 0 aliphatic carbocycles. The summed E-state index contributed by atoms with van der Waals surface area (Å²) in [6, 6.07) is 12.5. The van der Waals surface area contributed by atoms with Gasteiger partial charge in [0.25, 0.3) is 5.91 Å². The Morgan fingerprint density at radius 3 is 2.39 bits per heavy atom. The van der Waals surface area contributed by atoms with E-state index >= 15 is 0 Å². The van der Waals surface area contributed by atoms with Gasteiger partial charge in [0.15, 0.2) is 0 Å². The lowest BCUT2D eigenvalue weighted by molar-refractivity contribution is 0.0752. The Labute approximate surface area is 184 Å². The molecule has 4 aromatic rings. The van der Waals surface area contributed by atoms with Crippen LogP contribution in [0.1, 0.15) is 20.9 Å². The second kappa shape index (κ2) is 7.81. The van der Waals surface area contributed by atoms with Crippen LogP contribution in [0.5, 0.6) is 0 Å². The second-order valence-electron chi connectivity index (χ2n) is 7.89. The number of halogens is 1. The molecule has 0 spiro atoms. The molecule has 0 radical (unpaired) electrons. The Hall–Kier alpha value is -3.19. The van der Waals surface area contributed by atoms with Crippen molar-refractivity contribution in [1.29, 1.82) is 0 Å². The van der Waals surface area contributed by atoms with Crippen molar-refractivity contribution in [1.82, 2.24) is 14.5 Å². The first-order valence-corrected chi connectivity index (χ1v) is 11.2. The molecule has 5 nitrogen and oxygen atoms in total. The normalized spacial score (nSPS) is 14.4. The summed E-state index contributed by atoms with van der Waals surface area (Å²) in [5.41, 5.74) is 3.99. The third-order valence-electron chi connectivity index (χ3n) is 5.78. The van der Waals surface area contributed by atoms with E-state index in [1.165, 1.54) is 23.5 Å². The van der Waals surface area contributed by atoms with Crippen molar-refractivity contribution < 1.29 is 9.18 Å². The molecular formula is C24H23FN4OS. The highest BCUT2D eigenvalue weighted by Crippen LogP contribution is 2.36. The molecule has 0 atom stereocenters. The molecule has 1 aromatic carbocycles. The molecule has 158 valence electrons. The Bertz CT molecular complexity index is 1240. The summed E-state index contributed by atoms with van der Waals surface area (Å²) in [6.45, 7) is 6.75. The lowest BCUT2D eigenvalue weighted by atomic mass is 10.1. The van der Waals surface area contributed by atoms with Crippen LogP contribution in [-0.4, -0.2) is 46.5 Å². The number of nitrogens with zero attached hydrogens (tertiary/aromatic N) is 4. The van der Waals surface area contributed by atoms with Gasteiger partial charge < -0.3 is 14.4 Å². The molecule has 1 aliphatic rings. The summed E-state index contributed by atoms with van der Waals surface area (Å²) in [4.78, 5) is 24.0. The fourth-order valence-electron chi connectivity index (χ4n) is 4.26. The van der Waals surface area contributed by atoms with Gasteiger partial charge in [-0.2, -0.15) is 0 Å². The van der Waals surface area contributed by atoms with Crippen molar-refractivity contribution in [2.45, 2.75) is 13.8 Å². The van der Waals surface area contributed by atoms with Crippen LogP contribution in [0, 0.1) is 19.7 Å². The first-order valence-electron chi connectivity index (χ1n) is 10.3. The van der Waals surface area contributed by atoms with E-state index < -0.39 is 0 Å². The van der Waals surface area contributed by atoms with E-state index in [1.54, 1.807) is 12.1 Å². The zero-order valence-corrected chi connectivity index (χ0v) is 18.3. The molecule has 0 saturated carbocycles. The smallest absolute Gasteiger partial charge is 0.266 e. The quantitative estimate of drug-likeness (QED) is 0.465. The van der Waals surface area contributed by atoms with Crippen LogP contribution in [0.15, 0.2) is 54.9 Å². The van der Waals surface area contributed by atoms with Gasteiger partial charge >= 0.3 is 0 Å². The third kappa shape index (κ3) is 3.59. The maximum absolute atomic E-state index is 13.6. The highest BCUT2D eigenvalue weighted by Gasteiger charge is 2.28. The van der Waals surface area contributed by atoms with Crippen molar-refractivity contribution in [2.75, 3.05) is 31.1 Å². The monoisotopic (exact) mass is 434 g/mol. The zero-order valence-electron chi connectivity index (χ0n) is 17.5. The maximum atomic E-state index is 13.6. The SMILES string of the molecule is Cc1cc(C)c2c(-n3cccc3)c(C(=O)N3CCN(c4ccc(F)cc4)CC3)sc2n1. The average molecular weight is 435 g/mol. The van der Waals surface area contributed by atoms with Gasteiger partial charge in [0.2, 0.25) is 0 Å². The average Bonchev–Trinajstić information content (AvgIpc) is 3.41. The number of carbonyl (C=O) groups excluding carboxylic acids is 1. The number of amides is 1. The van der Waals surface area contributed by atoms with Crippen molar-refractivity contribution in [2.24, 2.45) is 0 Å². The minimum Gasteiger partial charge on any atom is -0.368 e. The summed E-state index contributed by atoms with van der Waals surface area (Å²) >= 11 is 1.47. The summed E-state index contributed by atoms with van der Waals surface area (Å²) in [5, 5.41) is 1.04. The van der Waals surface area contributed by atoms with Crippen LogP contribution in [-0.2, 0) is 0 Å². The highest BCUT2D eigenvalue weighted by atomic mass is 32.1. The minimum absolute atomic E-state index is 0.0440. The minimum atomic E-state index is -0.237. The molecule has 31 heavy (non-hydrogen) atoms. The number of hydrogen-bond donors (Lipinski definition) is 0. The number of benzene rings is 1. The van der Waals surface area contributed by atoms with Crippen LogP contribution in [0.4, 0.5) is 10.1 Å².